The molecule has 1 aromatic heterocycles. The van der Waals surface area contributed by atoms with Crippen LogP contribution in [0, 0.1) is 3.57 Å². The summed E-state index contributed by atoms with van der Waals surface area (Å²) in [4.78, 5) is 11.2. The molecule has 7 heteroatoms. The topological polar surface area (TPSA) is 75.3 Å². The highest BCUT2D eigenvalue weighted by Gasteiger charge is 2.17. The molecule has 0 aliphatic heterocycles. The lowest BCUT2D eigenvalue weighted by atomic mass is 10.1. The van der Waals surface area contributed by atoms with Crippen LogP contribution in [0.25, 0.3) is 5.69 Å². The fourth-order valence-electron chi connectivity index (χ4n) is 1.83. The van der Waals surface area contributed by atoms with Gasteiger partial charge in [-0.05, 0) is 53.6 Å². The van der Waals surface area contributed by atoms with Crippen molar-refractivity contribution in [1.82, 2.24) is 9.78 Å². The molecule has 5 nitrogen and oxygen atoms in total. The lowest BCUT2D eigenvalue weighted by Crippen LogP contribution is -2.04. The second kappa shape index (κ2) is 6.55. The highest BCUT2D eigenvalue weighted by atomic mass is 127. The number of aryl methyl sites for hydroxylation is 1. The second-order valence-corrected chi connectivity index (χ2v) is 5.77. The van der Waals surface area contributed by atoms with E-state index in [1.54, 1.807) is 24.4 Å². The van der Waals surface area contributed by atoms with Crippen LogP contribution in [0.4, 0.5) is 0 Å². The molecule has 20 heavy (non-hydrogen) atoms. The van der Waals surface area contributed by atoms with Crippen molar-refractivity contribution in [2.24, 2.45) is 0 Å². The van der Waals surface area contributed by atoms with Crippen LogP contribution >= 0.6 is 34.2 Å². The molecule has 0 aliphatic carbocycles. The van der Waals surface area contributed by atoms with Gasteiger partial charge in [-0.25, -0.2) is 9.48 Å². The number of hydrogen-bond acceptors (Lipinski definition) is 3. The van der Waals surface area contributed by atoms with Crippen LogP contribution in [0.5, 0.6) is 0 Å². The van der Waals surface area contributed by atoms with Crippen molar-refractivity contribution in [3.8, 4) is 5.69 Å². The van der Waals surface area contributed by atoms with E-state index in [-0.39, 0.29) is 12.3 Å². The summed E-state index contributed by atoms with van der Waals surface area (Å²) < 4.78 is 2.41. The summed E-state index contributed by atoms with van der Waals surface area (Å²) in [5.41, 5.74) is 1.40. The molecule has 2 N–H and O–H groups in total. The minimum absolute atomic E-state index is 0.0166. The van der Waals surface area contributed by atoms with E-state index in [1.165, 1.54) is 4.68 Å². The molecule has 0 fully saturated rings. The first-order valence-electron chi connectivity index (χ1n) is 5.91. The molecule has 0 saturated carbocycles. The molecule has 2 rings (SSSR count). The number of aliphatic hydroxyl groups excluding tert-OH is 1. The maximum Gasteiger partial charge on any atom is 0.356 e. The number of aromatic carboxylic acids is 1. The number of benzene rings is 1. The smallest absolute Gasteiger partial charge is 0.356 e. The fraction of sp³-hybridized carbons (Fsp3) is 0.231. The average Bonchev–Trinajstić information content (AvgIpc) is 2.80. The summed E-state index contributed by atoms with van der Waals surface area (Å²) in [5, 5.41) is 22.8. The first-order valence-corrected chi connectivity index (χ1v) is 7.36. The molecule has 0 unspecified atom stereocenters. The highest BCUT2D eigenvalue weighted by Crippen LogP contribution is 2.22. The molecular formula is C13H12ClIN2O3. The number of carboxylic acids is 1. The van der Waals surface area contributed by atoms with Gasteiger partial charge in [-0.1, -0.05) is 11.6 Å². The van der Waals surface area contributed by atoms with E-state index >= 15 is 0 Å². The van der Waals surface area contributed by atoms with Crippen molar-refractivity contribution < 1.29 is 15.0 Å². The van der Waals surface area contributed by atoms with Crippen LogP contribution in [0.2, 0.25) is 5.02 Å². The standard InChI is InChI=1S/C13H12ClIN2O3/c14-9-3-4-11(10(15)6-9)17-7-8(2-1-5-18)12(16-17)13(19)20/h3-4,6-7,18H,1-2,5H2,(H,19,20). The Morgan fingerprint density at radius 2 is 2.20 bits per heavy atom. The summed E-state index contributed by atoms with van der Waals surface area (Å²) in [6.45, 7) is 0.0166. The van der Waals surface area contributed by atoms with Crippen molar-refractivity contribution in [3.05, 3.63) is 44.2 Å². The first-order chi connectivity index (χ1) is 9.52. The van der Waals surface area contributed by atoms with Crippen LogP contribution in [0.15, 0.2) is 24.4 Å². The van der Waals surface area contributed by atoms with E-state index < -0.39 is 5.97 Å². The number of rotatable bonds is 5. The molecule has 0 amide bonds. The number of carboxylic acid groups (broad SMARTS) is 1. The Morgan fingerprint density at radius 3 is 2.80 bits per heavy atom. The van der Waals surface area contributed by atoms with Gasteiger partial charge in [0.1, 0.15) is 0 Å². The van der Waals surface area contributed by atoms with Crippen molar-refractivity contribution in [2.45, 2.75) is 12.8 Å². The molecule has 2 aromatic rings. The van der Waals surface area contributed by atoms with Crippen LogP contribution in [0.1, 0.15) is 22.5 Å². The average molecular weight is 407 g/mol. The van der Waals surface area contributed by atoms with Gasteiger partial charge >= 0.3 is 5.97 Å². The summed E-state index contributed by atoms with van der Waals surface area (Å²) in [6.07, 6.45) is 2.66. The number of carbonyl (C=O) groups is 1. The van der Waals surface area contributed by atoms with Gasteiger partial charge in [0, 0.05) is 27.0 Å². The number of nitrogens with zero attached hydrogens (tertiary/aromatic N) is 2. The van der Waals surface area contributed by atoms with Gasteiger partial charge in [-0.2, -0.15) is 5.10 Å². The predicted octanol–water partition coefficient (Wildman–Crippen LogP) is 2.75. The van der Waals surface area contributed by atoms with Gasteiger partial charge in [0.05, 0.1) is 5.69 Å². The largest absolute Gasteiger partial charge is 0.476 e. The predicted molar refractivity (Wildman–Crippen MR) is 83.7 cm³/mol. The zero-order valence-electron chi connectivity index (χ0n) is 10.4. The lowest BCUT2D eigenvalue weighted by molar-refractivity contribution is 0.0688. The van der Waals surface area contributed by atoms with Gasteiger partial charge in [0.2, 0.25) is 0 Å². The molecule has 0 bridgehead atoms. The van der Waals surface area contributed by atoms with Gasteiger partial charge in [0.25, 0.3) is 0 Å². The molecule has 0 radical (unpaired) electrons. The van der Waals surface area contributed by atoms with Crippen molar-refractivity contribution in [2.75, 3.05) is 6.61 Å². The highest BCUT2D eigenvalue weighted by molar-refractivity contribution is 14.1. The van der Waals surface area contributed by atoms with E-state index in [0.717, 1.165) is 9.26 Å². The fourth-order valence-corrected chi connectivity index (χ4v) is 2.95. The van der Waals surface area contributed by atoms with E-state index in [2.05, 4.69) is 27.7 Å². The summed E-state index contributed by atoms with van der Waals surface area (Å²) in [6, 6.07) is 5.31. The third kappa shape index (κ3) is 3.31. The summed E-state index contributed by atoms with van der Waals surface area (Å²) >= 11 is 8.03. The number of aromatic nitrogens is 2. The van der Waals surface area contributed by atoms with Crippen molar-refractivity contribution >= 4 is 40.2 Å². The SMILES string of the molecule is O=C(O)c1nn(-c2ccc(Cl)cc2I)cc1CCCO. The molecule has 106 valence electrons. The maximum absolute atomic E-state index is 11.2. The van der Waals surface area contributed by atoms with Gasteiger partial charge < -0.3 is 10.2 Å². The van der Waals surface area contributed by atoms with E-state index in [4.69, 9.17) is 16.7 Å². The van der Waals surface area contributed by atoms with Crippen molar-refractivity contribution in [1.29, 1.82) is 0 Å². The summed E-state index contributed by atoms with van der Waals surface area (Å²) in [7, 11) is 0. The Bertz CT molecular complexity index is 643. The summed E-state index contributed by atoms with van der Waals surface area (Å²) in [5.74, 6) is -1.07. The minimum atomic E-state index is -1.07. The Balaban J connectivity index is 2.44. The van der Waals surface area contributed by atoms with E-state index in [0.29, 0.717) is 23.4 Å². The molecule has 1 aromatic carbocycles. The van der Waals surface area contributed by atoms with E-state index in [9.17, 15) is 9.90 Å². The van der Waals surface area contributed by atoms with Crippen LogP contribution in [0.3, 0.4) is 0 Å². The van der Waals surface area contributed by atoms with Gasteiger partial charge in [-0.3, -0.25) is 0 Å². The monoisotopic (exact) mass is 406 g/mol. The number of hydrogen-bond donors (Lipinski definition) is 2. The Kier molecular flexibility index (Phi) is 5.00. The molecule has 0 atom stereocenters. The molecule has 0 spiro atoms. The number of halogens is 2. The van der Waals surface area contributed by atoms with Crippen LogP contribution in [-0.4, -0.2) is 32.6 Å². The maximum atomic E-state index is 11.2. The Hall–Kier alpha value is -1.12. The lowest BCUT2D eigenvalue weighted by Gasteiger charge is -2.04. The third-order valence-corrected chi connectivity index (χ3v) is 3.85. The third-order valence-electron chi connectivity index (χ3n) is 2.75. The van der Waals surface area contributed by atoms with Crippen LogP contribution in [-0.2, 0) is 6.42 Å². The normalized spacial score (nSPS) is 10.8. The van der Waals surface area contributed by atoms with Gasteiger partial charge in [0.15, 0.2) is 5.69 Å². The van der Waals surface area contributed by atoms with Crippen LogP contribution < -0.4 is 0 Å². The van der Waals surface area contributed by atoms with Crippen molar-refractivity contribution in [3.63, 3.8) is 0 Å². The quantitative estimate of drug-likeness (QED) is 0.749. The zero-order chi connectivity index (χ0) is 14.7. The Morgan fingerprint density at radius 1 is 1.45 bits per heavy atom. The minimum Gasteiger partial charge on any atom is -0.476 e. The number of aliphatic hydroxyl groups is 1. The Labute approximate surface area is 134 Å². The zero-order valence-corrected chi connectivity index (χ0v) is 13.3. The molecule has 0 aliphatic rings. The molecule has 1 heterocycles. The molecule has 0 saturated heterocycles. The molecular weight excluding hydrogens is 395 g/mol. The van der Waals surface area contributed by atoms with Gasteiger partial charge in [-0.15, -0.1) is 0 Å². The van der Waals surface area contributed by atoms with E-state index in [1.807, 2.05) is 0 Å². The first kappa shape index (κ1) is 15.3. The second-order valence-electron chi connectivity index (χ2n) is 4.18.